The zero-order valence-corrected chi connectivity index (χ0v) is 14.0. The molecule has 1 aliphatic rings. The van der Waals surface area contributed by atoms with Crippen LogP contribution in [0.5, 0.6) is 11.5 Å². The van der Waals surface area contributed by atoms with Crippen molar-refractivity contribution in [2.45, 2.75) is 6.10 Å². The van der Waals surface area contributed by atoms with Crippen LogP contribution in [0.15, 0.2) is 48.5 Å². The van der Waals surface area contributed by atoms with Crippen molar-refractivity contribution in [1.82, 2.24) is 4.90 Å². The number of carbonyl (C=O) groups excluding carboxylic acids is 1. The van der Waals surface area contributed by atoms with Crippen molar-refractivity contribution in [2.75, 3.05) is 33.4 Å². The number of amides is 1. The van der Waals surface area contributed by atoms with Gasteiger partial charge >= 0.3 is 0 Å². The third-order valence-corrected chi connectivity index (χ3v) is 3.99. The molecule has 2 aromatic rings. The second-order valence-electron chi connectivity index (χ2n) is 5.74. The van der Waals surface area contributed by atoms with E-state index < -0.39 is 0 Å². The first-order valence-corrected chi connectivity index (χ1v) is 8.09. The van der Waals surface area contributed by atoms with Crippen molar-refractivity contribution < 1.29 is 23.4 Å². The summed E-state index contributed by atoms with van der Waals surface area (Å²) in [6.07, 6.45) is -0.218. The monoisotopic (exact) mass is 345 g/mol. The van der Waals surface area contributed by atoms with Gasteiger partial charge in [0, 0.05) is 18.2 Å². The minimum Gasteiger partial charge on any atom is -0.497 e. The van der Waals surface area contributed by atoms with E-state index >= 15 is 0 Å². The Balaban J connectivity index is 1.57. The summed E-state index contributed by atoms with van der Waals surface area (Å²) in [6.45, 7) is 1.71. The molecule has 1 unspecified atom stereocenters. The summed E-state index contributed by atoms with van der Waals surface area (Å²) in [5.41, 5.74) is 0.468. The molecule has 0 radical (unpaired) electrons. The van der Waals surface area contributed by atoms with Crippen LogP contribution >= 0.6 is 0 Å². The summed E-state index contributed by atoms with van der Waals surface area (Å²) in [6, 6.07) is 12.9. The van der Waals surface area contributed by atoms with Crippen molar-refractivity contribution in [3.63, 3.8) is 0 Å². The maximum atomic E-state index is 13.0. The number of ether oxygens (including phenoxy) is 3. The summed E-state index contributed by atoms with van der Waals surface area (Å²) < 4.78 is 29.6. The maximum Gasteiger partial charge on any atom is 0.254 e. The largest absolute Gasteiger partial charge is 0.497 e. The van der Waals surface area contributed by atoms with Crippen molar-refractivity contribution >= 4 is 5.91 Å². The summed E-state index contributed by atoms with van der Waals surface area (Å²) in [5, 5.41) is 0. The van der Waals surface area contributed by atoms with Gasteiger partial charge in [-0.15, -0.1) is 0 Å². The molecule has 2 aromatic carbocycles. The van der Waals surface area contributed by atoms with Crippen LogP contribution in [0.25, 0.3) is 0 Å². The fourth-order valence-corrected chi connectivity index (χ4v) is 2.66. The summed E-state index contributed by atoms with van der Waals surface area (Å²) in [7, 11) is 1.60. The van der Waals surface area contributed by atoms with Crippen LogP contribution in [0.1, 0.15) is 10.4 Å². The standard InChI is InChI=1S/C19H20FNO4/c1-23-16-3-2-4-17(11-16)25-13-18-12-21(9-10-24-18)19(22)14-5-7-15(20)8-6-14/h2-8,11,18H,9-10,12-13H2,1H3. The fourth-order valence-electron chi connectivity index (χ4n) is 2.66. The highest BCUT2D eigenvalue weighted by Gasteiger charge is 2.25. The number of rotatable bonds is 5. The number of halogens is 1. The SMILES string of the molecule is COc1cccc(OCC2CN(C(=O)c3ccc(F)cc3)CCO2)c1. The molecule has 25 heavy (non-hydrogen) atoms. The number of nitrogens with zero attached hydrogens (tertiary/aromatic N) is 1. The highest BCUT2D eigenvalue weighted by molar-refractivity contribution is 5.94. The lowest BCUT2D eigenvalue weighted by molar-refractivity contribution is -0.0401. The van der Waals surface area contributed by atoms with Crippen molar-refractivity contribution in [2.24, 2.45) is 0 Å². The van der Waals surface area contributed by atoms with Gasteiger partial charge in [0.2, 0.25) is 0 Å². The zero-order chi connectivity index (χ0) is 17.6. The van der Waals surface area contributed by atoms with Crippen LogP contribution < -0.4 is 9.47 Å². The molecule has 3 rings (SSSR count). The number of benzene rings is 2. The van der Waals surface area contributed by atoms with Gasteiger partial charge in [0.25, 0.3) is 5.91 Å². The average Bonchev–Trinajstić information content (AvgIpc) is 2.67. The second kappa shape index (κ2) is 7.98. The minimum absolute atomic E-state index is 0.130. The topological polar surface area (TPSA) is 48.0 Å². The number of morpholine rings is 1. The van der Waals surface area contributed by atoms with E-state index in [4.69, 9.17) is 14.2 Å². The van der Waals surface area contributed by atoms with Gasteiger partial charge in [0.05, 0.1) is 20.3 Å². The lowest BCUT2D eigenvalue weighted by Crippen LogP contribution is -2.47. The van der Waals surface area contributed by atoms with E-state index in [0.717, 1.165) is 5.75 Å². The van der Waals surface area contributed by atoms with Gasteiger partial charge in [-0.3, -0.25) is 4.79 Å². The average molecular weight is 345 g/mol. The highest BCUT2D eigenvalue weighted by atomic mass is 19.1. The molecular weight excluding hydrogens is 325 g/mol. The number of hydrogen-bond donors (Lipinski definition) is 0. The number of carbonyl (C=O) groups is 1. The van der Waals surface area contributed by atoms with Gasteiger partial charge in [-0.05, 0) is 36.4 Å². The van der Waals surface area contributed by atoms with Crippen molar-refractivity contribution in [3.05, 3.63) is 59.9 Å². The molecule has 132 valence electrons. The van der Waals surface area contributed by atoms with Gasteiger partial charge in [0.1, 0.15) is 30.0 Å². The third kappa shape index (κ3) is 4.48. The van der Waals surface area contributed by atoms with Crippen molar-refractivity contribution in [1.29, 1.82) is 0 Å². The van der Waals surface area contributed by atoms with E-state index in [-0.39, 0.29) is 17.8 Å². The van der Waals surface area contributed by atoms with Crippen LogP contribution in [0.2, 0.25) is 0 Å². The van der Waals surface area contributed by atoms with Gasteiger partial charge in [-0.1, -0.05) is 6.07 Å². The molecule has 1 fully saturated rings. The summed E-state index contributed by atoms with van der Waals surface area (Å²) >= 11 is 0. The molecule has 0 aliphatic carbocycles. The first-order chi connectivity index (χ1) is 12.2. The molecule has 1 atom stereocenters. The lowest BCUT2D eigenvalue weighted by Gasteiger charge is -2.33. The molecule has 1 aliphatic heterocycles. The van der Waals surface area contributed by atoms with Gasteiger partial charge in [0.15, 0.2) is 0 Å². The molecule has 0 N–H and O–H groups in total. The highest BCUT2D eigenvalue weighted by Crippen LogP contribution is 2.20. The molecule has 0 spiro atoms. The summed E-state index contributed by atoms with van der Waals surface area (Å²) in [5.74, 6) is 0.915. The minimum atomic E-state index is -0.358. The first-order valence-electron chi connectivity index (χ1n) is 8.09. The van der Waals surface area contributed by atoms with Crippen LogP contribution in [0, 0.1) is 5.82 Å². The van der Waals surface area contributed by atoms with E-state index in [1.54, 1.807) is 18.1 Å². The Morgan fingerprint density at radius 3 is 2.76 bits per heavy atom. The van der Waals surface area contributed by atoms with Gasteiger partial charge in [-0.25, -0.2) is 4.39 Å². The van der Waals surface area contributed by atoms with E-state index in [2.05, 4.69) is 0 Å². The Morgan fingerprint density at radius 1 is 1.24 bits per heavy atom. The predicted octanol–water partition coefficient (Wildman–Crippen LogP) is 2.75. The van der Waals surface area contributed by atoms with Gasteiger partial charge in [-0.2, -0.15) is 0 Å². The van der Waals surface area contributed by atoms with Gasteiger partial charge < -0.3 is 19.1 Å². The fraction of sp³-hybridized carbons (Fsp3) is 0.316. The van der Waals surface area contributed by atoms with E-state index in [1.807, 2.05) is 18.2 Å². The Hall–Kier alpha value is -2.60. The predicted molar refractivity (Wildman–Crippen MR) is 90.5 cm³/mol. The maximum absolute atomic E-state index is 13.0. The quantitative estimate of drug-likeness (QED) is 0.836. The molecule has 1 heterocycles. The molecule has 5 nitrogen and oxygen atoms in total. The molecule has 1 saturated heterocycles. The molecule has 0 aromatic heterocycles. The first kappa shape index (κ1) is 17.2. The van der Waals surface area contributed by atoms with E-state index in [0.29, 0.717) is 37.6 Å². The van der Waals surface area contributed by atoms with Crippen LogP contribution in [0.4, 0.5) is 4.39 Å². The molecule has 1 amide bonds. The Bertz CT molecular complexity index is 720. The second-order valence-corrected chi connectivity index (χ2v) is 5.74. The summed E-state index contributed by atoms with van der Waals surface area (Å²) in [4.78, 5) is 14.2. The zero-order valence-electron chi connectivity index (χ0n) is 14.0. The van der Waals surface area contributed by atoms with Crippen LogP contribution in [-0.4, -0.2) is 50.3 Å². The van der Waals surface area contributed by atoms with E-state index in [1.165, 1.54) is 24.3 Å². The Labute approximate surface area is 145 Å². The third-order valence-electron chi connectivity index (χ3n) is 3.99. The lowest BCUT2D eigenvalue weighted by atomic mass is 10.1. The van der Waals surface area contributed by atoms with Crippen LogP contribution in [-0.2, 0) is 4.74 Å². The Morgan fingerprint density at radius 2 is 2.00 bits per heavy atom. The van der Waals surface area contributed by atoms with Crippen molar-refractivity contribution in [3.8, 4) is 11.5 Å². The van der Waals surface area contributed by atoms with E-state index in [9.17, 15) is 9.18 Å². The molecule has 6 heteroatoms. The number of hydrogen-bond acceptors (Lipinski definition) is 4. The smallest absolute Gasteiger partial charge is 0.254 e. The molecular formula is C19H20FNO4. The normalized spacial score (nSPS) is 17.2. The molecule has 0 saturated carbocycles. The number of methoxy groups -OCH3 is 1. The molecule has 0 bridgehead atoms. The Kier molecular flexibility index (Phi) is 5.50. The van der Waals surface area contributed by atoms with Crippen LogP contribution in [0.3, 0.4) is 0 Å².